The van der Waals surface area contributed by atoms with Crippen LogP contribution < -0.4 is 0 Å². The van der Waals surface area contributed by atoms with Gasteiger partial charge in [0.15, 0.2) is 0 Å². The molecular weight excluding hydrogens is 308 g/mol. The van der Waals surface area contributed by atoms with Gasteiger partial charge in [-0.3, -0.25) is 0 Å². The minimum absolute atomic E-state index is 0.950. The first-order valence-electron chi connectivity index (χ1n) is 8.16. The van der Waals surface area contributed by atoms with Crippen LogP contribution in [-0.4, -0.2) is 20.0 Å². The molecule has 5 rings (SSSR count). The maximum atomic E-state index is 4.79. The van der Waals surface area contributed by atoms with E-state index in [1.807, 2.05) is 59.3 Å². The van der Waals surface area contributed by atoms with E-state index in [9.17, 15) is 0 Å². The lowest BCUT2D eigenvalue weighted by Crippen LogP contribution is -2.02. The van der Waals surface area contributed by atoms with Crippen LogP contribution >= 0.6 is 0 Å². The summed E-state index contributed by atoms with van der Waals surface area (Å²) in [5, 5.41) is 10.7. The van der Waals surface area contributed by atoms with E-state index < -0.39 is 0 Å². The lowest BCUT2D eigenvalue weighted by Gasteiger charge is -2.13. The van der Waals surface area contributed by atoms with Crippen LogP contribution in [0, 0.1) is 0 Å². The van der Waals surface area contributed by atoms with Gasteiger partial charge in [0.25, 0.3) is 0 Å². The van der Waals surface area contributed by atoms with Crippen molar-refractivity contribution in [2.45, 2.75) is 0 Å². The summed E-state index contributed by atoms with van der Waals surface area (Å²) in [7, 11) is 0. The zero-order chi connectivity index (χ0) is 16.6. The van der Waals surface area contributed by atoms with E-state index >= 15 is 0 Å². The Morgan fingerprint density at radius 1 is 0.640 bits per heavy atom. The van der Waals surface area contributed by atoms with Crippen LogP contribution in [0.15, 0.2) is 85.1 Å². The van der Waals surface area contributed by atoms with E-state index in [1.54, 1.807) is 6.20 Å². The number of para-hydroxylation sites is 2. The van der Waals surface area contributed by atoms with E-state index in [2.05, 4.69) is 34.6 Å². The third kappa shape index (κ3) is 2.19. The van der Waals surface area contributed by atoms with Gasteiger partial charge in [0.05, 0.1) is 28.6 Å². The molecule has 0 saturated heterocycles. The predicted octanol–water partition coefficient (Wildman–Crippen LogP) is 4.64. The van der Waals surface area contributed by atoms with Gasteiger partial charge < -0.3 is 0 Å². The molecule has 0 bridgehead atoms. The molecule has 2 heterocycles. The molecule has 118 valence electrons. The molecule has 0 amide bonds. The number of fused-ring (bicyclic) bond motifs is 2. The summed E-state index contributed by atoms with van der Waals surface area (Å²) in [6.45, 7) is 0. The van der Waals surface area contributed by atoms with Crippen molar-refractivity contribution >= 4 is 21.8 Å². The molecular formula is C21H14N4. The van der Waals surface area contributed by atoms with Gasteiger partial charge in [-0.2, -0.15) is 0 Å². The summed E-state index contributed by atoms with van der Waals surface area (Å²) < 4.78 is 1.92. The fourth-order valence-corrected chi connectivity index (χ4v) is 3.25. The Morgan fingerprint density at radius 3 is 1.92 bits per heavy atom. The molecule has 0 aliphatic heterocycles. The normalized spacial score (nSPS) is 11.2. The van der Waals surface area contributed by atoms with Crippen molar-refractivity contribution in [1.29, 1.82) is 0 Å². The maximum Gasteiger partial charge on any atom is 0.0944 e. The van der Waals surface area contributed by atoms with Gasteiger partial charge in [0.1, 0.15) is 0 Å². The third-order valence-corrected chi connectivity index (χ3v) is 4.39. The first kappa shape index (κ1) is 13.9. The number of rotatable bonds is 2. The van der Waals surface area contributed by atoms with Crippen molar-refractivity contribution in [3.8, 4) is 16.9 Å². The first-order valence-corrected chi connectivity index (χ1v) is 8.16. The molecule has 0 aliphatic rings. The summed E-state index contributed by atoms with van der Waals surface area (Å²) >= 11 is 0. The molecule has 2 aromatic heterocycles. The molecule has 25 heavy (non-hydrogen) atoms. The molecule has 0 radical (unpaired) electrons. The smallest absolute Gasteiger partial charge is 0.0944 e. The molecule has 0 unspecified atom stereocenters. The third-order valence-electron chi connectivity index (χ3n) is 4.39. The van der Waals surface area contributed by atoms with Gasteiger partial charge in [-0.05, 0) is 12.1 Å². The van der Waals surface area contributed by atoms with Crippen LogP contribution in [0.1, 0.15) is 0 Å². The van der Waals surface area contributed by atoms with Gasteiger partial charge in [0, 0.05) is 16.3 Å². The zero-order valence-corrected chi connectivity index (χ0v) is 13.4. The monoisotopic (exact) mass is 322 g/mol. The zero-order valence-electron chi connectivity index (χ0n) is 13.4. The average molecular weight is 322 g/mol. The predicted molar refractivity (Wildman–Crippen MR) is 99.6 cm³/mol. The summed E-state index contributed by atoms with van der Waals surface area (Å²) in [4.78, 5) is 4.79. The Labute approximate surface area is 144 Å². The van der Waals surface area contributed by atoms with E-state index in [-0.39, 0.29) is 0 Å². The SMILES string of the molecule is c1ccc(-c2cnnn2-c2c3ccccc3nc3ccccc23)cc1. The number of pyridine rings is 1. The fraction of sp³-hybridized carbons (Fsp3) is 0. The van der Waals surface area contributed by atoms with Crippen molar-refractivity contribution in [2.75, 3.05) is 0 Å². The molecule has 0 atom stereocenters. The van der Waals surface area contributed by atoms with Crippen molar-refractivity contribution < 1.29 is 0 Å². The van der Waals surface area contributed by atoms with Crippen LogP contribution in [0.3, 0.4) is 0 Å². The average Bonchev–Trinajstić information content (AvgIpc) is 3.16. The molecule has 5 aromatic rings. The van der Waals surface area contributed by atoms with Gasteiger partial charge in [-0.25, -0.2) is 9.67 Å². The second-order valence-electron chi connectivity index (χ2n) is 5.89. The minimum atomic E-state index is 0.950. The molecule has 0 N–H and O–H groups in total. The van der Waals surface area contributed by atoms with Gasteiger partial charge >= 0.3 is 0 Å². The number of nitrogens with zero attached hydrogens (tertiary/aromatic N) is 4. The largest absolute Gasteiger partial charge is 0.248 e. The first-order chi connectivity index (χ1) is 12.4. The van der Waals surface area contributed by atoms with Crippen molar-refractivity contribution in [3.05, 3.63) is 85.1 Å². The molecule has 0 saturated carbocycles. The van der Waals surface area contributed by atoms with E-state index in [1.165, 1.54) is 0 Å². The number of hydrogen-bond donors (Lipinski definition) is 0. The lowest BCUT2D eigenvalue weighted by molar-refractivity contribution is 0.816. The Balaban J connectivity index is 1.91. The van der Waals surface area contributed by atoms with E-state index in [4.69, 9.17) is 4.98 Å². The van der Waals surface area contributed by atoms with Crippen molar-refractivity contribution in [1.82, 2.24) is 20.0 Å². The summed E-state index contributed by atoms with van der Waals surface area (Å²) in [5.74, 6) is 0. The highest BCUT2D eigenvalue weighted by Crippen LogP contribution is 2.31. The highest BCUT2D eigenvalue weighted by Gasteiger charge is 2.15. The van der Waals surface area contributed by atoms with Gasteiger partial charge in [0.2, 0.25) is 0 Å². The van der Waals surface area contributed by atoms with Crippen LogP contribution in [0.4, 0.5) is 0 Å². The van der Waals surface area contributed by atoms with Gasteiger partial charge in [-0.15, -0.1) is 5.10 Å². The Kier molecular flexibility index (Phi) is 3.07. The van der Waals surface area contributed by atoms with E-state index in [0.717, 1.165) is 38.8 Å². The van der Waals surface area contributed by atoms with Crippen molar-refractivity contribution in [2.24, 2.45) is 0 Å². The van der Waals surface area contributed by atoms with Crippen LogP contribution in [0.2, 0.25) is 0 Å². The topological polar surface area (TPSA) is 43.6 Å². The summed E-state index contributed by atoms with van der Waals surface area (Å²) in [5.41, 5.74) is 4.95. The molecule has 4 heteroatoms. The quantitative estimate of drug-likeness (QED) is 0.445. The minimum Gasteiger partial charge on any atom is -0.248 e. The number of benzene rings is 3. The van der Waals surface area contributed by atoms with Crippen LogP contribution in [-0.2, 0) is 0 Å². The lowest BCUT2D eigenvalue weighted by atomic mass is 10.1. The van der Waals surface area contributed by atoms with Crippen LogP contribution in [0.25, 0.3) is 38.8 Å². The Bertz CT molecular complexity index is 1140. The second kappa shape index (κ2) is 5.53. The number of aromatic nitrogens is 4. The van der Waals surface area contributed by atoms with Crippen molar-refractivity contribution in [3.63, 3.8) is 0 Å². The molecule has 0 spiro atoms. The second-order valence-corrected chi connectivity index (χ2v) is 5.89. The Hall–Kier alpha value is -3.53. The summed E-state index contributed by atoms with van der Waals surface area (Å²) in [6.07, 6.45) is 1.80. The fourth-order valence-electron chi connectivity index (χ4n) is 3.25. The Morgan fingerprint density at radius 2 is 1.24 bits per heavy atom. The highest BCUT2D eigenvalue weighted by molar-refractivity contribution is 6.03. The van der Waals surface area contributed by atoms with Crippen LogP contribution in [0.5, 0.6) is 0 Å². The number of hydrogen-bond acceptors (Lipinski definition) is 3. The maximum absolute atomic E-state index is 4.79. The molecule has 3 aromatic carbocycles. The molecule has 4 nitrogen and oxygen atoms in total. The standard InChI is InChI=1S/C21H14N4/c1-2-8-15(9-3-1)20-14-22-24-25(20)21-16-10-4-6-12-18(16)23-19-13-7-5-11-17(19)21/h1-14H. The highest BCUT2D eigenvalue weighted by atomic mass is 15.4. The van der Waals surface area contributed by atoms with E-state index in [0.29, 0.717) is 0 Å². The summed E-state index contributed by atoms with van der Waals surface area (Å²) in [6, 6.07) is 26.5. The molecule has 0 aliphatic carbocycles. The van der Waals surface area contributed by atoms with Gasteiger partial charge in [-0.1, -0.05) is 71.9 Å². The molecule has 0 fully saturated rings.